The van der Waals surface area contributed by atoms with Crippen molar-refractivity contribution in [2.45, 2.75) is 111 Å². The summed E-state index contributed by atoms with van der Waals surface area (Å²) in [4.78, 5) is 12.7. The molecular formula is C23H46N6O10. The summed E-state index contributed by atoms with van der Waals surface area (Å²) in [5, 5.41) is 57.7. The van der Waals surface area contributed by atoms with E-state index in [1.54, 1.807) is 7.05 Å². The number of nitrogens with two attached hydrogens (primary N) is 4. The quantitative estimate of drug-likeness (QED) is 0.117. The fraction of sp³-hybridized carbons (Fsp3) is 0.957. The summed E-state index contributed by atoms with van der Waals surface area (Å²) in [5.74, 6) is -0.918. The van der Waals surface area contributed by atoms with Gasteiger partial charge in [0.05, 0.1) is 43.5 Å². The summed E-state index contributed by atoms with van der Waals surface area (Å²) in [5.41, 5.74) is 22.5. The first-order valence-corrected chi connectivity index (χ1v) is 13.2. The number of rotatable bonds is 10. The molecule has 39 heavy (non-hydrogen) atoms. The minimum absolute atomic E-state index is 0.0114. The monoisotopic (exact) mass is 566 g/mol. The first-order chi connectivity index (χ1) is 18.3. The van der Waals surface area contributed by atoms with Gasteiger partial charge in [0.15, 0.2) is 12.6 Å². The molecule has 16 heteroatoms. The van der Waals surface area contributed by atoms with Gasteiger partial charge in [-0.3, -0.25) is 4.79 Å². The second-order valence-corrected chi connectivity index (χ2v) is 10.9. The second kappa shape index (κ2) is 13.7. The van der Waals surface area contributed by atoms with Crippen molar-refractivity contribution in [2.75, 3.05) is 26.8 Å². The van der Waals surface area contributed by atoms with Gasteiger partial charge in [0.1, 0.15) is 36.1 Å². The van der Waals surface area contributed by atoms with Crippen LogP contribution in [0.5, 0.6) is 0 Å². The van der Waals surface area contributed by atoms with Crippen LogP contribution in [0, 0.1) is 0 Å². The van der Waals surface area contributed by atoms with E-state index in [-0.39, 0.29) is 25.7 Å². The summed E-state index contributed by atoms with van der Waals surface area (Å²) in [6.07, 6.45) is -8.19. The fourth-order valence-electron chi connectivity index (χ4n) is 5.35. The van der Waals surface area contributed by atoms with Crippen molar-refractivity contribution in [2.24, 2.45) is 22.9 Å². The molecule has 228 valence electrons. The molecule has 3 fully saturated rings. The molecule has 1 amide bonds. The number of carbonyl (C=O) groups excluding carboxylic acids is 1. The largest absolute Gasteiger partial charge is 0.395 e. The van der Waals surface area contributed by atoms with E-state index in [0.717, 1.165) is 0 Å². The first-order valence-electron chi connectivity index (χ1n) is 13.2. The lowest BCUT2D eigenvalue weighted by Crippen LogP contribution is -2.70. The van der Waals surface area contributed by atoms with E-state index in [1.807, 2.05) is 0 Å². The molecule has 0 unspecified atom stereocenters. The van der Waals surface area contributed by atoms with Gasteiger partial charge < -0.3 is 78.0 Å². The zero-order valence-electron chi connectivity index (χ0n) is 22.3. The lowest BCUT2D eigenvalue weighted by atomic mass is 9.83. The van der Waals surface area contributed by atoms with Gasteiger partial charge in [-0.25, -0.2) is 0 Å². The highest BCUT2D eigenvalue weighted by molar-refractivity contribution is 5.81. The SMILES string of the molecule is CN[C@@H]1[C@@H](O)[C@@H](O[C@@H]2[C@@H](O)[C@H](O[C@H]3O[C@H](CN)CC[C@H]3N)[C@@H](N)C[C@H]2NC(=O)[C@@H](O)[C@H](N)CO)OC[C@]1(C)O. The molecule has 2 heterocycles. The van der Waals surface area contributed by atoms with Gasteiger partial charge in [-0.15, -0.1) is 0 Å². The molecule has 15 N–H and O–H groups in total. The summed E-state index contributed by atoms with van der Waals surface area (Å²) in [6.45, 7) is 0.908. The van der Waals surface area contributed by atoms with Gasteiger partial charge in [0, 0.05) is 12.6 Å². The molecule has 0 spiro atoms. The van der Waals surface area contributed by atoms with Crippen LogP contribution >= 0.6 is 0 Å². The lowest BCUT2D eigenvalue weighted by Gasteiger charge is -2.49. The summed E-state index contributed by atoms with van der Waals surface area (Å²) in [6, 6.07) is -4.42. The van der Waals surface area contributed by atoms with Crippen LogP contribution in [-0.2, 0) is 23.7 Å². The van der Waals surface area contributed by atoms with Crippen molar-refractivity contribution in [1.82, 2.24) is 10.6 Å². The molecule has 16 nitrogen and oxygen atoms in total. The third-order valence-corrected chi connectivity index (χ3v) is 7.72. The number of aliphatic hydroxyl groups excluding tert-OH is 4. The van der Waals surface area contributed by atoms with Crippen LogP contribution in [0.25, 0.3) is 0 Å². The molecular weight excluding hydrogens is 520 g/mol. The Morgan fingerprint density at radius 2 is 1.79 bits per heavy atom. The summed E-state index contributed by atoms with van der Waals surface area (Å²) in [7, 11) is 1.56. The molecule has 3 aliphatic rings. The van der Waals surface area contributed by atoms with Crippen LogP contribution in [0.3, 0.4) is 0 Å². The smallest absolute Gasteiger partial charge is 0.250 e. The maximum absolute atomic E-state index is 12.7. The first kappa shape index (κ1) is 32.4. The van der Waals surface area contributed by atoms with E-state index in [2.05, 4.69) is 10.6 Å². The Morgan fingerprint density at radius 1 is 1.13 bits per heavy atom. The number of hydrogen-bond donors (Lipinski definition) is 11. The van der Waals surface area contributed by atoms with E-state index < -0.39 is 91.4 Å². The van der Waals surface area contributed by atoms with Crippen LogP contribution < -0.4 is 33.6 Å². The Labute approximate surface area is 227 Å². The second-order valence-electron chi connectivity index (χ2n) is 10.9. The molecule has 0 radical (unpaired) electrons. The van der Waals surface area contributed by atoms with Crippen molar-refractivity contribution in [3.63, 3.8) is 0 Å². The van der Waals surface area contributed by atoms with Crippen LogP contribution in [0.15, 0.2) is 0 Å². The molecule has 2 aliphatic heterocycles. The van der Waals surface area contributed by atoms with Crippen molar-refractivity contribution in [3.8, 4) is 0 Å². The Balaban J connectivity index is 1.83. The van der Waals surface area contributed by atoms with Crippen molar-refractivity contribution in [1.29, 1.82) is 0 Å². The number of carbonyl (C=O) groups is 1. The van der Waals surface area contributed by atoms with Crippen molar-refractivity contribution in [3.05, 3.63) is 0 Å². The highest BCUT2D eigenvalue weighted by Crippen LogP contribution is 2.32. The molecule has 1 aliphatic carbocycles. The Kier molecular flexibility index (Phi) is 11.4. The minimum Gasteiger partial charge on any atom is -0.395 e. The zero-order chi connectivity index (χ0) is 29.1. The molecule has 14 atom stereocenters. The molecule has 3 rings (SSSR count). The van der Waals surface area contributed by atoms with E-state index in [1.165, 1.54) is 6.92 Å². The van der Waals surface area contributed by atoms with Crippen LogP contribution in [-0.4, -0.2) is 143 Å². The third-order valence-electron chi connectivity index (χ3n) is 7.72. The van der Waals surface area contributed by atoms with Gasteiger partial charge in [-0.05, 0) is 33.2 Å². The Bertz CT molecular complexity index is 798. The van der Waals surface area contributed by atoms with Crippen LogP contribution in [0.1, 0.15) is 26.2 Å². The topological polar surface area (TPSA) is 283 Å². The van der Waals surface area contributed by atoms with Crippen LogP contribution in [0.2, 0.25) is 0 Å². The maximum atomic E-state index is 12.7. The molecule has 0 aromatic rings. The normalized spacial score (nSPS) is 44.9. The van der Waals surface area contributed by atoms with E-state index >= 15 is 0 Å². The number of nitrogens with one attached hydrogen (secondary N) is 2. The van der Waals surface area contributed by atoms with E-state index in [9.17, 15) is 30.3 Å². The Hall–Kier alpha value is -1.09. The third kappa shape index (κ3) is 7.41. The minimum atomic E-state index is -1.75. The van der Waals surface area contributed by atoms with Crippen LogP contribution in [0.4, 0.5) is 0 Å². The van der Waals surface area contributed by atoms with Gasteiger partial charge in [-0.2, -0.15) is 0 Å². The fourth-order valence-corrected chi connectivity index (χ4v) is 5.35. The number of amides is 1. The standard InChI is InChI=1S/C23H46N6O10/c1-23(35)8-36-22(16(33)19(23)28-2)39-18-13(29-20(34)14(31)12(27)7-30)5-11(26)17(15(18)32)38-21-10(25)4-3-9(6-24)37-21/h9-19,21-22,28,30-33,35H,3-8,24-27H2,1-2H3,(H,29,34)/t9-,10+,11-,12+,13+,14-,15-,16+,17+,18-,19+,21+,22+,23-/m0/s1. The molecule has 0 aromatic heterocycles. The Morgan fingerprint density at radius 3 is 2.41 bits per heavy atom. The van der Waals surface area contributed by atoms with Crippen molar-refractivity contribution >= 4 is 5.91 Å². The predicted octanol–water partition coefficient (Wildman–Crippen LogP) is -6.14. The number of hydrogen-bond acceptors (Lipinski definition) is 15. The van der Waals surface area contributed by atoms with Gasteiger partial charge >= 0.3 is 0 Å². The highest BCUT2D eigenvalue weighted by atomic mass is 16.7. The highest BCUT2D eigenvalue weighted by Gasteiger charge is 2.52. The molecule has 1 saturated carbocycles. The predicted molar refractivity (Wildman–Crippen MR) is 135 cm³/mol. The van der Waals surface area contributed by atoms with E-state index in [4.69, 9.17) is 41.9 Å². The van der Waals surface area contributed by atoms with Crippen molar-refractivity contribution < 1.29 is 49.3 Å². The number of likely N-dealkylation sites (N-methyl/N-ethyl adjacent to an activating group) is 1. The van der Waals surface area contributed by atoms with E-state index in [0.29, 0.717) is 12.8 Å². The number of aliphatic hydroxyl groups is 5. The summed E-state index contributed by atoms with van der Waals surface area (Å²) < 4.78 is 23.5. The average molecular weight is 567 g/mol. The molecule has 2 saturated heterocycles. The maximum Gasteiger partial charge on any atom is 0.250 e. The molecule has 0 aromatic carbocycles. The average Bonchev–Trinajstić information content (AvgIpc) is 2.89. The molecule has 0 bridgehead atoms. The lowest BCUT2D eigenvalue weighted by molar-refractivity contribution is -0.307. The summed E-state index contributed by atoms with van der Waals surface area (Å²) >= 11 is 0. The van der Waals surface area contributed by atoms with Gasteiger partial charge in [0.25, 0.3) is 5.91 Å². The zero-order valence-corrected chi connectivity index (χ0v) is 22.3. The number of ether oxygens (including phenoxy) is 4. The van der Waals surface area contributed by atoms with Gasteiger partial charge in [-0.1, -0.05) is 0 Å². The van der Waals surface area contributed by atoms with Gasteiger partial charge in [0.2, 0.25) is 0 Å².